The Labute approximate surface area is 103 Å². The molecule has 7 nitrogen and oxygen atoms in total. The Kier molecular flexibility index (Phi) is 3.39. The first-order valence-electron chi connectivity index (χ1n) is 5.12. The molecule has 0 aliphatic rings. The smallest absolute Gasteiger partial charge is 0.408 e. The van der Waals surface area contributed by atoms with Crippen molar-refractivity contribution in [2.45, 2.75) is 0 Å². The average molecular weight is 272 g/mol. The molecule has 8 heteroatoms. The third kappa shape index (κ3) is 2.90. The van der Waals surface area contributed by atoms with Crippen molar-refractivity contribution < 1.29 is 17.6 Å². The maximum Gasteiger partial charge on any atom is 0.417 e. The fraction of sp³-hybridized carbons (Fsp3) is 0.300. The van der Waals surface area contributed by atoms with E-state index >= 15 is 0 Å². The van der Waals surface area contributed by atoms with Crippen molar-refractivity contribution in [3.63, 3.8) is 0 Å². The van der Waals surface area contributed by atoms with E-state index in [1.807, 2.05) is 0 Å². The van der Waals surface area contributed by atoms with Crippen LogP contribution in [0.2, 0.25) is 0 Å². The first-order valence-corrected chi connectivity index (χ1v) is 6.78. The van der Waals surface area contributed by atoms with Gasteiger partial charge in [-0.1, -0.05) is 0 Å². The lowest BCUT2D eigenvalue weighted by molar-refractivity contribution is 0.217. The maximum atomic E-state index is 11.6. The molecule has 1 aromatic carbocycles. The lowest BCUT2D eigenvalue weighted by Crippen LogP contribution is -2.19. The van der Waals surface area contributed by atoms with E-state index in [9.17, 15) is 13.2 Å². The van der Waals surface area contributed by atoms with Crippen LogP contribution in [0.1, 0.15) is 0 Å². The molecule has 0 amide bonds. The van der Waals surface area contributed by atoms with Gasteiger partial charge in [0, 0.05) is 7.11 Å². The van der Waals surface area contributed by atoms with Crippen molar-refractivity contribution >= 4 is 26.8 Å². The Morgan fingerprint density at radius 2 is 2.22 bits per heavy atom. The summed E-state index contributed by atoms with van der Waals surface area (Å²) in [4.78, 5) is 13.4. The number of sulfonamides is 1. The molecule has 2 aromatic rings. The highest BCUT2D eigenvalue weighted by atomic mass is 32.2. The van der Waals surface area contributed by atoms with Gasteiger partial charge in [0.2, 0.25) is 10.0 Å². The van der Waals surface area contributed by atoms with Crippen molar-refractivity contribution in [2.75, 3.05) is 24.2 Å². The molecule has 0 unspecified atom stereocenters. The van der Waals surface area contributed by atoms with Gasteiger partial charge in [-0.05, 0) is 18.2 Å². The minimum Gasteiger partial charge on any atom is -0.408 e. The van der Waals surface area contributed by atoms with Gasteiger partial charge in [-0.15, -0.1) is 0 Å². The number of anilines is 1. The average Bonchev–Trinajstić information content (AvgIpc) is 2.65. The van der Waals surface area contributed by atoms with Gasteiger partial charge < -0.3 is 9.15 Å². The van der Waals surface area contributed by atoms with Gasteiger partial charge >= 0.3 is 5.76 Å². The summed E-state index contributed by atoms with van der Waals surface area (Å²) in [7, 11) is -2.03. The van der Waals surface area contributed by atoms with Crippen LogP contribution in [0.25, 0.3) is 11.1 Å². The van der Waals surface area contributed by atoms with Gasteiger partial charge in [0.05, 0.1) is 23.6 Å². The molecule has 0 saturated heterocycles. The van der Waals surface area contributed by atoms with Crippen LogP contribution >= 0.6 is 0 Å². The lowest BCUT2D eigenvalue weighted by Gasteiger charge is -2.06. The van der Waals surface area contributed by atoms with Crippen molar-refractivity contribution in [1.29, 1.82) is 0 Å². The topological polar surface area (TPSA) is 101 Å². The van der Waals surface area contributed by atoms with E-state index in [2.05, 4.69) is 9.71 Å². The molecule has 0 spiro atoms. The summed E-state index contributed by atoms with van der Waals surface area (Å²) in [6, 6.07) is 4.52. The summed E-state index contributed by atoms with van der Waals surface area (Å²) in [6.45, 7) is 0.111. The predicted molar refractivity (Wildman–Crippen MR) is 66.1 cm³/mol. The minimum absolute atomic E-state index is 0.111. The first kappa shape index (κ1) is 12.7. The number of rotatable bonds is 5. The van der Waals surface area contributed by atoms with E-state index in [1.165, 1.54) is 25.3 Å². The van der Waals surface area contributed by atoms with Crippen LogP contribution in [0.15, 0.2) is 27.4 Å². The molecule has 0 bridgehead atoms. The Balaban J connectivity index is 2.24. The molecular weight excluding hydrogens is 260 g/mol. The number of H-pyrrole nitrogens is 1. The summed E-state index contributed by atoms with van der Waals surface area (Å²) in [5.74, 6) is -0.715. The number of hydrogen-bond acceptors (Lipinski definition) is 5. The first-order chi connectivity index (χ1) is 8.50. The van der Waals surface area contributed by atoms with Crippen LogP contribution in [0, 0.1) is 0 Å². The van der Waals surface area contributed by atoms with Crippen molar-refractivity contribution in [2.24, 2.45) is 0 Å². The predicted octanol–water partition coefficient (Wildman–Crippen LogP) is 0.509. The highest BCUT2D eigenvalue weighted by Gasteiger charge is 2.11. The minimum atomic E-state index is -3.46. The van der Waals surface area contributed by atoms with Gasteiger partial charge in [0.1, 0.15) is 0 Å². The quantitative estimate of drug-likeness (QED) is 0.825. The molecule has 2 rings (SSSR count). The Hall–Kier alpha value is -1.80. The van der Waals surface area contributed by atoms with Gasteiger partial charge in [-0.2, -0.15) is 0 Å². The van der Waals surface area contributed by atoms with Crippen LogP contribution in [0.4, 0.5) is 5.69 Å². The molecule has 98 valence electrons. The fourth-order valence-electron chi connectivity index (χ4n) is 1.44. The number of aromatic amines is 1. The molecule has 0 atom stereocenters. The van der Waals surface area contributed by atoms with Crippen LogP contribution < -0.4 is 10.5 Å². The number of nitrogens with one attached hydrogen (secondary N) is 2. The van der Waals surface area contributed by atoms with E-state index < -0.39 is 15.8 Å². The number of fused-ring (bicyclic) bond motifs is 1. The molecule has 2 N–H and O–H groups in total. The summed E-state index contributed by atoms with van der Waals surface area (Å²) in [6.07, 6.45) is 0. The largest absolute Gasteiger partial charge is 0.417 e. The highest BCUT2D eigenvalue weighted by molar-refractivity contribution is 7.92. The third-order valence-corrected chi connectivity index (χ3v) is 3.50. The Morgan fingerprint density at radius 1 is 1.44 bits per heavy atom. The van der Waals surface area contributed by atoms with Crippen molar-refractivity contribution in [1.82, 2.24) is 4.98 Å². The van der Waals surface area contributed by atoms with Gasteiger partial charge in [-0.25, -0.2) is 13.2 Å². The Bertz CT molecular complexity index is 700. The van der Waals surface area contributed by atoms with Crippen LogP contribution in [0.5, 0.6) is 0 Å². The molecule has 0 saturated carbocycles. The lowest BCUT2D eigenvalue weighted by atomic mass is 10.3. The summed E-state index contributed by atoms with van der Waals surface area (Å²) in [5.41, 5.74) is 1.17. The number of hydrogen-bond donors (Lipinski definition) is 2. The van der Waals surface area contributed by atoms with Crippen LogP contribution in [-0.2, 0) is 14.8 Å². The highest BCUT2D eigenvalue weighted by Crippen LogP contribution is 2.17. The van der Waals surface area contributed by atoms with E-state index in [-0.39, 0.29) is 12.4 Å². The van der Waals surface area contributed by atoms with Gasteiger partial charge in [0.25, 0.3) is 0 Å². The van der Waals surface area contributed by atoms with E-state index in [0.717, 1.165) is 0 Å². The van der Waals surface area contributed by atoms with Crippen LogP contribution in [0.3, 0.4) is 0 Å². The normalized spacial score (nSPS) is 11.8. The molecule has 0 aliphatic carbocycles. The van der Waals surface area contributed by atoms with E-state index in [4.69, 9.17) is 9.15 Å². The van der Waals surface area contributed by atoms with Crippen LogP contribution in [-0.4, -0.2) is 32.9 Å². The number of aromatic nitrogens is 1. The van der Waals surface area contributed by atoms with Crippen molar-refractivity contribution in [3.05, 3.63) is 28.7 Å². The molecule has 0 radical (unpaired) electrons. The van der Waals surface area contributed by atoms with Gasteiger partial charge in [0.15, 0.2) is 5.58 Å². The number of benzene rings is 1. The number of oxazole rings is 1. The second-order valence-electron chi connectivity index (χ2n) is 3.64. The SMILES string of the molecule is COCCS(=O)(=O)Nc1ccc2oc(=O)[nH]c2c1. The van der Waals surface area contributed by atoms with E-state index in [0.29, 0.717) is 16.8 Å². The molecular formula is C10H12N2O5S. The van der Waals surface area contributed by atoms with Gasteiger partial charge in [-0.3, -0.25) is 9.71 Å². The fourth-order valence-corrected chi connectivity index (χ4v) is 2.41. The van der Waals surface area contributed by atoms with E-state index in [1.54, 1.807) is 0 Å². The molecule has 18 heavy (non-hydrogen) atoms. The summed E-state index contributed by atoms with van der Waals surface area (Å²) >= 11 is 0. The third-order valence-electron chi connectivity index (χ3n) is 2.25. The molecule has 1 heterocycles. The molecule has 0 aliphatic heterocycles. The zero-order valence-electron chi connectivity index (χ0n) is 9.60. The standard InChI is InChI=1S/C10H12N2O5S/c1-16-4-5-18(14,15)12-7-2-3-9-8(6-7)11-10(13)17-9/h2-3,6,12H,4-5H2,1H3,(H,11,13). The zero-order chi connectivity index (χ0) is 13.2. The van der Waals surface area contributed by atoms with Crippen molar-refractivity contribution in [3.8, 4) is 0 Å². The summed E-state index contributed by atoms with van der Waals surface area (Å²) in [5, 5.41) is 0. The maximum absolute atomic E-state index is 11.6. The molecule has 1 aromatic heterocycles. The number of methoxy groups -OCH3 is 1. The second kappa shape index (κ2) is 4.83. The zero-order valence-corrected chi connectivity index (χ0v) is 10.4. The molecule has 0 fully saturated rings. The second-order valence-corrected chi connectivity index (χ2v) is 5.48. The summed E-state index contributed by atoms with van der Waals surface area (Å²) < 4.78 is 35.1. The Morgan fingerprint density at radius 3 is 2.94 bits per heavy atom. The monoisotopic (exact) mass is 272 g/mol. The number of ether oxygens (including phenoxy) is 1.